The summed E-state index contributed by atoms with van der Waals surface area (Å²) in [6.45, 7) is 7.23. The summed E-state index contributed by atoms with van der Waals surface area (Å²) in [5, 5.41) is 3.07. The number of rotatable bonds is 7. The van der Waals surface area contributed by atoms with Crippen molar-refractivity contribution in [3.63, 3.8) is 0 Å². The molecule has 0 aliphatic carbocycles. The van der Waals surface area contributed by atoms with E-state index >= 15 is 0 Å². The van der Waals surface area contributed by atoms with Gasteiger partial charge in [-0.25, -0.2) is 4.79 Å². The maximum atomic E-state index is 12.2. The predicted molar refractivity (Wildman–Crippen MR) is 97.4 cm³/mol. The van der Waals surface area contributed by atoms with Gasteiger partial charge in [-0.05, 0) is 32.3 Å². The molecule has 6 heteroatoms. The number of hydrogen-bond donors (Lipinski definition) is 1. The van der Waals surface area contributed by atoms with Crippen molar-refractivity contribution in [2.75, 3.05) is 39.3 Å². The normalized spacial score (nSPS) is 16.3. The minimum Gasteiger partial charge on any atom is -0.450 e. The first-order chi connectivity index (χ1) is 12.1. The molecule has 1 heterocycles. The molecule has 0 bridgehead atoms. The first-order valence-corrected chi connectivity index (χ1v) is 9.05. The molecule has 1 aliphatic rings. The number of nitrogens with one attached hydrogen (secondary N) is 1. The van der Waals surface area contributed by atoms with Crippen LogP contribution in [-0.4, -0.2) is 67.2 Å². The summed E-state index contributed by atoms with van der Waals surface area (Å²) in [5.41, 5.74) is 1.29. The average molecular weight is 347 g/mol. The Hall–Kier alpha value is -2.08. The third kappa shape index (κ3) is 6.74. The van der Waals surface area contributed by atoms with Crippen molar-refractivity contribution in [1.29, 1.82) is 0 Å². The molecule has 1 N–H and O–H groups in total. The zero-order chi connectivity index (χ0) is 18.1. The highest BCUT2D eigenvalue weighted by atomic mass is 16.6. The lowest BCUT2D eigenvalue weighted by molar-refractivity contribution is -0.123. The van der Waals surface area contributed by atoms with Gasteiger partial charge in [0.2, 0.25) is 5.91 Å². The molecule has 1 unspecified atom stereocenters. The fourth-order valence-corrected chi connectivity index (χ4v) is 2.93. The van der Waals surface area contributed by atoms with Crippen molar-refractivity contribution in [3.05, 3.63) is 35.9 Å². The summed E-state index contributed by atoms with van der Waals surface area (Å²) in [6.07, 6.45) is 1.62. The van der Waals surface area contributed by atoms with E-state index in [-0.39, 0.29) is 18.0 Å². The predicted octanol–water partition coefficient (Wildman–Crippen LogP) is 1.90. The minimum absolute atomic E-state index is 0.0464. The minimum atomic E-state index is -0.263. The Kier molecular flexibility index (Phi) is 7.73. The molecule has 2 rings (SSSR count). The Morgan fingerprint density at radius 2 is 1.84 bits per heavy atom. The van der Waals surface area contributed by atoms with Gasteiger partial charge in [0.05, 0.1) is 13.2 Å². The van der Waals surface area contributed by atoms with E-state index < -0.39 is 0 Å². The molecule has 1 fully saturated rings. The molecule has 1 aliphatic heterocycles. The SMILES string of the molecule is CCOC(=O)N1CCN(CC(=O)NC(C)CCc2ccccc2)CC1. The van der Waals surface area contributed by atoms with Crippen molar-refractivity contribution < 1.29 is 14.3 Å². The maximum absolute atomic E-state index is 12.2. The van der Waals surface area contributed by atoms with E-state index in [0.717, 1.165) is 12.8 Å². The zero-order valence-electron chi connectivity index (χ0n) is 15.2. The first kappa shape index (κ1) is 19.2. The van der Waals surface area contributed by atoms with Crippen LogP contribution in [0.3, 0.4) is 0 Å². The van der Waals surface area contributed by atoms with E-state index in [2.05, 4.69) is 22.3 Å². The summed E-state index contributed by atoms with van der Waals surface area (Å²) in [4.78, 5) is 27.6. The first-order valence-electron chi connectivity index (χ1n) is 9.05. The van der Waals surface area contributed by atoms with Crippen LogP contribution < -0.4 is 5.32 Å². The van der Waals surface area contributed by atoms with Gasteiger partial charge in [0.15, 0.2) is 0 Å². The maximum Gasteiger partial charge on any atom is 0.409 e. The fourth-order valence-electron chi connectivity index (χ4n) is 2.93. The van der Waals surface area contributed by atoms with Crippen LogP contribution in [0.1, 0.15) is 25.8 Å². The molecule has 138 valence electrons. The number of carbonyl (C=O) groups is 2. The number of carbonyl (C=O) groups excluding carboxylic acids is 2. The lowest BCUT2D eigenvalue weighted by Gasteiger charge is -2.33. The van der Waals surface area contributed by atoms with Gasteiger partial charge in [-0.3, -0.25) is 9.69 Å². The molecule has 0 aromatic heterocycles. The second-order valence-corrected chi connectivity index (χ2v) is 6.45. The lowest BCUT2D eigenvalue weighted by atomic mass is 10.1. The fraction of sp³-hybridized carbons (Fsp3) is 0.579. The molecule has 0 radical (unpaired) electrons. The topological polar surface area (TPSA) is 61.9 Å². The number of aryl methyl sites for hydroxylation is 1. The van der Waals surface area contributed by atoms with Gasteiger partial charge >= 0.3 is 6.09 Å². The van der Waals surface area contributed by atoms with E-state index in [1.807, 2.05) is 25.1 Å². The lowest BCUT2D eigenvalue weighted by Crippen LogP contribution is -2.51. The largest absolute Gasteiger partial charge is 0.450 e. The molecule has 2 amide bonds. The number of amides is 2. The Balaban J connectivity index is 1.64. The second kappa shape index (κ2) is 10.0. The highest BCUT2D eigenvalue weighted by Crippen LogP contribution is 2.06. The molecule has 0 spiro atoms. The molecular weight excluding hydrogens is 318 g/mol. The quantitative estimate of drug-likeness (QED) is 0.818. The molecular formula is C19H29N3O3. The van der Waals surface area contributed by atoms with Crippen molar-refractivity contribution in [3.8, 4) is 0 Å². The van der Waals surface area contributed by atoms with Gasteiger partial charge < -0.3 is 15.0 Å². The zero-order valence-corrected chi connectivity index (χ0v) is 15.2. The summed E-state index contributed by atoms with van der Waals surface area (Å²) >= 11 is 0. The number of hydrogen-bond acceptors (Lipinski definition) is 4. The molecule has 1 aromatic rings. The van der Waals surface area contributed by atoms with E-state index in [9.17, 15) is 9.59 Å². The smallest absolute Gasteiger partial charge is 0.409 e. The molecule has 6 nitrogen and oxygen atoms in total. The van der Waals surface area contributed by atoms with Crippen LogP contribution in [0, 0.1) is 0 Å². The monoisotopic (exact) mass is 347 g/mol. The van der Waals surface area contributed by atoms with Crippen molar-refractivity contribution >= 4 is 12.0 Å². The van der Waals surface area contributed by atoms with Crippen LogP contribution in [0.2, 0.25) is 0 Å². The number of piperazine rings is 1. The van der Waals surface area contributed by atoms with Crippen LogP contribution in [-0.2, 0) is 16.0 Å². The van der Waals surface area contributed by atoms with E-state index in [4.69, 9.17) is 4.74 Å². The summed E-state index contributed by atoms with van der Waals surface area (Å²) in [6, 6.07) is 10.4. The van der Waals surface area contributed by atoms with E-state index in [1.165, 1.54) is 5.56 Å². The molecule has 1 aromatic carbocycles. The summed E-state index contributed by atoms with van der Waals surface area (Å²) in [5.74, 6) is 0.0464. The molecule has 25 heavy (non-hydrogen) atoms. The Morgan fingerprint density at radius 3 is 2.48 bits per heavy atom. The highest BCUT2D eigenvalue weighted by molar-refractivity contribution is 5.78. The van der Waals surface area contributed by atoms with Crippen LogP contribution in [0.15, 0.2) is 30.3 Å². The van der Waals surface area contributed by atoms with Crippen LogP contribution in [0.25, 0.3) is 0 Å². The van der Waals surface area contributed by atoms with Gasteiger partial charge in [0.1, 0.15) is 0 Å². The molecule has 0 saturated carbocycles. The number of ether oxygens (including phenoxy) is 1. The van der Waals surface area contributed by atoms with Crippen LogP contribution in [0.4, 0.5) is 4.79 Å². The van der Waals surface area contributed by atoms with Crippen molar-refractivity contribution in [2.24, 2.45) is 0 Å². The van der Waals surface area contributed by atoms with Gasteiger partial charge in [-0.15, -0.1) is 0 Å². The van der Waals surface area contributed by atoms with Gasteiger partial charge in [-0.2, -0.15) is 0 Å². The number of benzene rings is 1. The summed E-state index contributed by atoms with van der Waals surface area (Å²) < 4.78 is 5.00. The standard InChI is InChI=1S/C19H29N3O3/c1-3-25-19(24)22-13-11-21(12-14-22)15-18(23)20-16(2)9-10-17-7-5-4-6-8-17/h4-8,16H,3,9-15H2,1-2H3,(H,20,23). The summed E-state index contributed by atoms with van der Waals surface area (Å²) in [7, 11) is 0. The average Bonchev–Trinajstić information content (AvgIpc) is 2.61. The molecule has 1 atom stereocenters. The van der Waals surface area contributed by atoms with Crippen LogP contribution >= 0.6 is 0 Å². The Bertz CT molecular complexity index is 542. The van der Waals surface area contributed by atoms with Gasteiger partial charge in [-0.1, -0.05) is 30.3 Å². The van der Waals surface area contributed by atoms with E-state index in [0.29, 0.717) is 39.3 Å². The highest BCUT2D eigenvalue weighted by Gasteiger charge is 2.23. The van der Waals surface area contributed by atoms with Crippen molar-refractivity contribution in [1.82, 2.24) is 15.1 Å². The number of nitrogens with zero attached hydrogens (tertiary/aromatic N) is 2. The third-order valence-corrected chi connectivity index (χ3v) is 4.38. The van der Waals surface area contributed by atoms with Gasteiger partial charge in [0, 0.05) is 32.2 Å². The van der Waals surface area contributed by atoms with Crippen LogP contribution in [0.5, 0.6) is 0 Å². The Morgan fingerprint density at radius 1 is 1.16 bits per heavy atom. The van der Waals surface area contributed by atoms with Crippen molar-refractivity contribution in [2.45, 2.75) is 32.7 Å². The molecule has 1 saturated heterocycles. The van der Waals surface area contributed by atoms with Gasteiger partial charge in [0.25, 0.3) is 0 Å². The second-order valence-electron chi connectivity index (χ2n) is 6.45. The Labute approximate surface area is 150 Å². The van der Waals surface area contributed by atoms with E-state index in [1.54, 1.807) is 11.8 Å². The third-order valence-electron chi connectivity index (χ3n) is 4.38.